The first kappa shape index (κ1) is 13.7. The second kappa shape index (κ2) is 5.95. The number of nitrogens with two attached hydrogens (primary N) is 1. The van der Waals surface area contributed by atoms with Crippen molar-refractivity contribution in [3.05, 3.63) is 10.6 Å². The zero-order valence-electron chi connectivity index (χ0n) is 10.8. The summed E-state index contributed by atoms with van der Waals surface area (Å²) >= 11 is 6.67. The van der Waals surface area contributed by atoms with Crippen LogP contribution in [0, 0.1) is 0 Å². The van der Waals surface area contributed by atoms with E-state index in [9.17, 15) is 0 Å². The Hall–Kier alpha value is -0.720. The minimum Gasteiger partial charge on any atom is -0.389 e. The van der Waals surface area contributed by atoms with Crippen LogP contribution in [0.15, 0.2) is 0 Å². The summed E-state index contributed by atoms with van der Waals surface area (Å²) in [5, 5.41) is 1.03. The number of aromatic nitrogens is 1. The average Bonchev–Trinajstić information content (AvgIpc) is 2.74. The molecule has 0 aliphatic carbocycles. The van der Waals surface area contributed by atoms with Crippen molar-refractivity contribution in [1.29, 1.82) is 0 Å². The van der Waals surface area contributed by atoms with Gasteiger partial charge in [-0.1, -0.05) is 23.6 Å². The maximum absolute atomic E-state index is 5.75. The molecule has 0 radical (unpaired) electrons. The second-order valence-corrected chi connectivity index (χ2v) is 6.03. The van der Waals surface area contributed by atoms with Crippen LogP contribution in [-0.4, -0.2) is 29.7 Å². The van der Waals surface area contributed by atoms with E-state index in [-0.39, 0.29) is 0 Å². The first-order valence-corrected chi connectivity index (χ1v) is 7.41. The highest BCUT2D eigenvalue weighted by Gasteiger charge is 2.23. The molecule has 0 saturated carbocycles. The van der Waals surface area contributed by atoms with Gasteiger partial charge in [-0.15, -0.1) is 0 Å². The van der Waals surface area contributed by atoms with Gasteiger partial charge in [0.2, 0.25) is 0 Å². The monoisotopic (exact) mass is 285 g/mol. The van der Waals surface area contributed by atoms with E-state index in [1.165, 1.54) is 19.3 Å². The molecule has 1 fully saturated rings. The van der Waals surface area contributed by atoms with Gasteiger partial charge in [0.15, 0.2) is 5.13 Å². The average molecular weight is 285 g/mol. The van der Waals surface area contributed by atoms with Gasteiger partial charge in [0.1, 0.15) is 4.99 Å². The molecule has 1 unspecified atom stereocenters. The van der Waals surface area contributed by atoms with Gasteiger partial charge in [0.05, 0.1) is 17.2 Å². The molecule has 1 aromatic heterocycles. The van der Waals surface area contributed by atoms with Crippen LogP contribution in [0.3, 0.4) is 0 Å². The van der Waals surface area contributed by atoms with Crippen LogP contribution in [0.4, 0.5) is 5.13 Å². The molecule has 0 amide bonds. The lowest BCUT2D eigenvalue weighted by Crippen LogP contribution is -2.37. The molecule has 2 rings (SSSR count). The minimum absolute atomic E-state index is 0.412. The number of thiazole rings is 1. The van der Waals surface area contributed by atoms with Gasteiger partial charge in [-0.2, -0.15) is 0 Å². The van der Waals surface area contributed by atoms with Crippen LogP contribution in [-0.2, 0) is 11.3 Å². The largest absolute Gasteiger partial charge is 0.389 e. The van der Waals surface area contributed by atoms with Crippen LogP contribution in [0.5, 0.6) is 0 Å². The molecule has 1 aliphatic heterocycles. The van der Waals surface area contributed by atoms with Crippen molar-refractivity contribution in [3.8, 4) is 0 Å². The third-order valence-corrected chi connectivity index (χ3v) is 4.74. The first-order valence-electron chi connectivity index (χ1n) is 6.18. The number of methoxy groups -OCH3 is 1. The first-order chi connectivity index (χ1) is 8.63. The molecule has 6 heteroatoms. The standard InChI is InChI=1S/C12H19N3OS2/c1-8-5-3-4-6-15(8)12-14-9(7-16-2)10(18-12)11(13)17/h8H,3-7H2,1-2H3,(H2,13,17). The predicted molar refractivity (Wildman–Crippen MR) is 79.4 cm³/mol. The van der Waals surface area contributed by atoms with E-state index in [4.69, 9.17) is 22.7 Å². The zero-order valence-corrected chi connectivity index (χ0v) is 12.4. The number of anilines is 1. The summed E-state index contributed by atoms with van der Waals surface area (Å²) in [4.78, 5) is 8.30. The van der Waals surface area contributed by atoms with E-state index >= 15 is 0 Å². The number of thiocarbonyl (C=S) groups is 1. The van der Waals surface area contributed by atoms with Gasteiger partial charge in [0.25, 0.3) is 0 Å². The fourth-order valence-electron chi connectivity index (χ4n) is 2.27. The van der Waals surface area contributed by atoms with Gasteiger partial charge in [-0.05, 0) is 26.2 Å². The van der Waals surface area contributed by atoms with Crippen molar-refractivity contribution in [2.24, 2.45) is 5.73 Å². The summed E-state index contributed by atoms with van der Waals surface area (Å²) in [6.07, 6.45) is 3.75. The Morgan fingerprint density at radius 2 is 2.39 bits per heavy atom. The summed E-state index contributed by atoms with van der Waals surface area (Å²) in [5.74, 6) is 0. The summed E-state index contributed by atoms with van der Waals surface area (Å²) in [6, 6.07) is 0.541. The third-order valence-electron chi connectivity index (χ3n) is 3.24. The molecule has 2 heterocycles. The molecule has 1 atom stereocenters. The Kier molecular flexibility index (Phi) is 4.53. The maximum atomic E-state index is 5.75. The van der Waals surface area contributed by atoms with Gasteiger partial charge in [-0.25, -0.2) is 4.98 Å². The highest BCUT2D eigenvalue weighted by atomic mass is 32.1. The van der Waals surface area contributed by atoms with E-state index < -0.39 is 0 Å². The number of hydrogen-bond acceptors (Lipinski definition) is 5. The number of hydrogen-bond donors (Lipinski definition) is 1. The highest BCUT2D eigenvalue weighted by molar-refractivity contribution is 7.81. The summed E-state index contributed by atoms with van der Waals surface area (Å²) < 4.78 is 5.16. The quantitative estimate of drug-likeness (QED) is 0.860. The van der Waals surface area contributed by atoms with E-state index in [2.05, 4.69) is 16.8 Å². The van der Waals surface area contributed by atoms with Crippen LogP contribution in [0.1, 0.15) is 36.8 Å². The number of ether oxygens (including phenoxy) is 1. The summed E-state index contributed by atoms with van der Waals surface area (Å²) in [5.41, 5.74) is 6.61. The minimum atomic E-state index is 0.412. The van der Waals surface area contributed by atoms with Crippen molar-refractivity contribution in [3.63, 3.8) is 0 Å². The molecule has 18 heavy (non-hydrogen) atoms. The lowest BCUT2D eigenvalue weighted by Gasteiger charge is -2.33. The maximum Gasteiger partial charge on any atom is 0.186 e. The normalized spacial score (nSPS) is 20.1. The smallest absolute Gasteiger partial charge is 0.186 e. The number of nitrogens with zero attached hydrogens (tertiary/aromatic N) is 2. The molecule has 1 aliphatic rings. The number of rotatable bonds is 4. The van der Waals surface area contributed by atoms with Crippen LogP contribution < -0.4 is 10.6 Å². The molecular weight excluding hydrogens is 266 g/mol. The van der Waals surface area contributed by atoms with Crippen molar-refractivity contribution >= 4 is 33.7 Å². The Morgan fingerprint density at radius 1 is 1.61 bits per heavy atom. The van der Waals surface area contributed by atoms with Gasteiger partial charge in [0, 0.05) is 19.7 Å². The van der Waals surface area contributed by atoms with Gasteiger partial charge in [-0.3, -0.25) is 0 Å². The van der Waals surface area contributed by atoms with Crippen molar-refractivity contribution in [2.45, 2.75) is 38.8 Å². The lowest BCUT2D eigenvalue weighted by molar-refractivity contribution is 0.182. The molecule has 2 N–H and O–H groups in total. The molecule has 0 bridgehead atoms. The fraction of sp³-hybridized carbons (Fsp3) is 0.667. The van der Waals surface area contributed by atoms with Crippen molar-refractivity contribution in [2.75, 3.05) is 18.6 Å². The van der Waals surface area contributed by atoms with Gasteiger partial charge >= 0.3 is 0 Å². The predicted octanol–water partition coefficient (Wildman–Crippen LogP) is 2.30. The Balaban J connectivity index is 2.27. The Bertz CT molecular complexity index is 433. The highest BCUT2D eigenvalue weighted by Crippen LogP contribution is 2.31. The molecule has 1 saturated heterocycles. The van der Waals surface area contributed by atoms with Crippen molar-refractivity contribution < 1.29 is 4.74 Å². The van der Waals surface area contributed by atoms with Crippen LogP contribution in [0.2, 0.25) is 0 Å². The molecule has 1 aromatic rings. The summed E-state index contributed by atoms with van der Waals surface area (Å²) in [7, 11) is 1.66. The Morgan fingerprint density at radius 3 is 3.00 bits per heavy atom. The van der Waals surface area contributed by atoms with E-state index in [1.807, 2.05) is 0 Å². The zero-order chi connectivity index (χ0) is 13.1. The van der Waals surface area contributed by atoms with E-state index in [0.717, 1.165) is 22.2 Å². The summed E-state index contributed by atoms with van der Waals surface area (Å²) in [6.45, 7) is 3.78. The van der Waals surface area contributed by atoms with E-state index in [1.54, 1.807) is 18.4 Å². The van der Waals surface area contributed by atoms with E-state index in [0.29, 0.717) is 17.6 Å². The van der Waals surface area contributed by atoms with Gasteiger partial charge < -0.3 is 15.4 Å². The fourth-order valence-corrected chi connectivity index (χ4v) is 3.56. The lowest BCUT2D eigenvalue weighted by atomic mass is 10.1. The molecule has 100 valence electrons. The second-order valence-electron chi connectivity index (χ2n) is 4.61. The van der Waals surface area contributed by atoms with Crippen LogP contribution in [0.25, 0.3) is 0 Å². The van der Waals surface area contributed by atoms with Crippen molar-refractivity contribution in [1.82, 2.24) is 4.98 Å². The molecule has 4 nitrogen and oxygen atoms in total. The number of piperidine rings is 1. The van der Waals surface area contributed by atoms with Crippen LogP contribution >= 0.6 is 23.6 Å². The SMILES string of the molecule is COCc1nc(N2CCCCC2C)sc1C(N)=S. The molecule has 0 spiro atoms. The Labute approximate surface area is 117 Å². The topological polar surface area (TPSA) is 51.4 Å². The molecule has 0 aromatic carbocycles. The third kappa shape index (κ3) is 2.81. The molecular formula is C12H19N3OS2.